The van der Waals surface area contributed by atoms with Gasteiger partial charge in [0.15, 0.2) is 5.78 Å². The highest BCUT2D eigenvalue weighted by molar-refractivity contribution is 6.34. The van der Waals surface area contributed by atoms with Crippen LogP contribution in [-0.4, -0.2) is 16.5 Å². The summed E-state index contributed by atoms with van der Waals surface area (Å²) in [5, 5.41) is 0.650. The summed E-state index contributed by atoms with van der Waals surface area (Å²) >= 11 is 6.33. The molecule has 0 aliphatic heterocycles. The first kappa shape index (κ1) is 15.4. The second-order valence-electron chi connectivity index (χ2n) is 5.00. The Kier molecular flexibility index (Phi) is 4.53. The summed E-state index contributed by atoms with van der Waals surface area (Å²) in [6.07, 6.45) is 0. The van der Waals surface area contributed by atoms with Crippen LogP contribution in [0.5, 0.6) is 0 Å². The molecule has 2 rings (SSSR count). The molecule has 2 aromatic rings. The van der Waals surface area contributed by atoms with Gasteiger partial charge in [-0.1, -0.05) is 23.7 Å². The second kappa shape index (κ2) is 6.19. The highest BCUT2D eigenvalue weighted by atomic mass is 35.5. The molecule has 0 fully saturated rings. The van der Waals surface area contributed by atoms with Gasteiger partial charge < -0.3 is 0 Å². The van der Waals surface area contributed by atoms with Crippen molar-refractivity contribution in [3.8, 4) is 0 Å². The van der Waals surface area contributed by atoms with Gasteiger partial charge in [-0.25, -0.2) is 9.98 Å². The van der Waals surface area contributed by atoms with E-state index in [1.807, 2.05) is 39.0 Å². The van der Waals surface area contributed by atoms with Crippen molar-refractivity contribution in [3.05, 3.63) is 57.9 Å². The fraction of sp³-hybridized carbons (Fsp3) is 0.235. The van der Waals surface area contributed by atoms with E-state index in [9.17, 15) is 4.79 Å². The maximum atomic E-state index is 11.4. The Hall–Kier alpha value is -2.00. The molecule has 4 heteroatoms. The van der Waals surface area contributed by atoms with Gasteiger partial charge >= 0.3 is 0 Å². The van der Waals surface area contributed by atoms with E-state index >= 15 is 0 Å². The molecule has 21 heavy (non-hydrogen) atoms. The standard InChI is InChI=1S/C17H17ClN2O/c1-10-8-9-16(17(18)11(10)2)19-12(3)14-6-5-7-15(20-14)13(4)21/h5-9H,1-4H3. The van der Waals surface area contributed by atoms with Crippen LogP contribution in [0.2, 0.25) is 5.02 Å². The predicted molar refractivity (Wildman–Crippen MR) is 87.0 cm³/mol. The number of aryl methyl sites for hydroxylation is 1. The van der Waals surface area contributed by atoms with Gasteiger partial charge in [-0.3, -0.25) is 4.79 Å². The lowest BCUT2D eigenvalue weighted by atomic mass is 10.1. The second-order valence-corrected chi connectivity index (χ2v) is 5.38. The molecule has 0 spiro atoms. The van der Waals surface area contributed by atoms with E-state index < -0.39 is 0 Å². The molecule has 0 amide bonds. The van der Waals surface area contributed by atoms with Gasteiger partial charge in [0.2, 0.25) is 0 Å². The molecule has 0 aliphatic carbocycles. The Morgan fingerprint density at radius 3 is 2.43 bits per heavy atom. The van der Waals surface area contributed by atoms with Crippen LogP contribution in [0, 0.1) is 13.8 Å². The Morgan fingerprint density at radius 2 is 1.76 bits per heavy atom. The molecule has 1 aromatic heterocycles. The summed E-state index contributed by atoms with van der Waals surface area (Å²) in [5.41, 5.74) is 4.71. The number of hydrogen-bond donors (Lipinski definition) is 0. The smallest absolute Gasteiger partial charge is 0.178 e. The van der Waals surface area contributed by atoms with E-state index in [0.717, 1.165) is 16.8 Å². The highest BCUT2D eigenvalue weighted by Crippen LogP contribution is 2.30. The van der Waals surface area contributed by atoms with E-state index in [0.29, 0.717) is 22.1 Å². The number of nitrogens with zero attached hydrogens (tertiary/aromatic N) is 2. The van der Waals surface area contributed by atoms with Gasteiger partial charge in [-0.05, 0) is 50.1 Å². The molecule has 1 aromatic carbocycles. The van der Waals surface area contributed by atoms with Crippen molar-refractivity contribution < 1.29 is 4.79 Å². The van der Waals surface area contributed by atoms with E-state index in [2.05, 4.69) is 9.98 Å². The van der Waals surface area contributed by atoms with Gasteiger partial charge in [-0.2, -0.15) is 0 Å². The monoisotopic (exact) mass is 300 g/mol. The Balaban J connectivity index is 2.44. The molecule has 0 aliphatic rings. The molecule has 1 heterocycles. The number of rotatable bonds is 3. The van der Waals surface area contributed by atoms with Gasteiger partial charge in [0.1, 0.15) is 5.69 Å². The molecular weight excluding hydrogens is 284 g/mol. The topological polar surface area (TPSA) is 42.3 Å². The minimum atomic E-state index is -0.0612. The number of hydrogen-bond acceptors (Lipinski definition) is 3. The number of Topliss-reactive ketones (excluding diaryl/α,β-unsaturated/α-hetero) is 1. The first-order chi connectivity index (χ1) is 9.90. The third-order valence-corrected chi connectivity index (χ3v) is 3.88. The van der Waals surface area contributed by atoms with Gasteiger partial charge in [0.25, 0.3) is 0 Å². The lowest BCUT2D eigenvalue weighted by Crippen LogP contribution is -2.04. The van der Waals surface area contributed by atoms with Crippen LogP contribution in [0.1, 0.15) is 41.2 Å². The lowest BCUT2D eigenvalue weighted by molar-refractivity contribution is 0.101. The van der Waals surface area contributed by atoms with E-state index in [1.165, 1.54) is 6.92 Å². The summed E-state index contributed by atoms with van der Waals surface area (Å²) < 4.78 is 0. The van der Waals surface area contributed by atoms with Crippen LogP contribution in [-0.2, 0) is 0 Å². The third kappa shape index (κ3) is 3.37. The molecule has 0 saturated heterocycles. The average molecular weight is 301 g/mol. The molecule has 0 N–H and O–H groups in total. The first-order valence-electron chi connectivity index (χ1n) is 6.69. The number of carbonyl (C=O) groups excluding carboxylic acids is 1. The normalized spacial score (nSPS) is 11.6. The van der Waals surface area contributed by atoms with Crippen molar-refractivity contribution in [3.63, 3.8) is 0 Å². The van der Waals surface area contributed by atoms with Crippen molar-refractivity contribution in [1.29, 1.82) is 0 Å². The highest BCUT2D eigenvalue weighted by Gasteiger charge is 2.08. The zero-order valence-electron chi connectivity index (χ0n) is 12.6. The fourth-order valence-electron chi connectivity index (χ4n) is 1.92. The third-order valence-electron chi connectivity index (χ3n) is 3.41. The van der Waals surface area contributed by atoms with Crippen LogP contribution in [0.3, 0.4) is 0 Å². The average Bonchev–Trinajstić information content (AvgIpc) is 2.48. The maximum Gasteiger partial charge on any atom is 0.178 e. The minimum absolute atomic E-state index is 0.0612. The zero-order chi connectivity index (χ0) is 15.6. The summed E-state index contributed by atoms with van der Waals surface area (Å²) in [5.74, 6) is -0.0612. The Labute approximate surface area is 129 Å². The largest absolute Gasteiger partial charge is 0.293 e. The Bertz CT molecular complexity index is 736. The number of aliphatic imine (C=N–C) groups is 1. The summed E-state index contributed by atoms with van der Waals surface area (Å²) in [7, 11) is 0. The molecule has 0 bridgehead atoms. The van der Waals surface area contributed by atoms with Crippen LogP contribution in [0.4, 0.5) is 5.69 Å². The minimum Gasteiger partial charge on any atom is -0.293 e. The number of aromatic nitrogens is 1. The molecule has 0 unspecified atom stereocenters. The Morgan fingerprint density at radius 1 is 1.10 bits per heavy atom. The van der Waals surface area contributed by atoms with E-state index in [-0.39, 0.29) is 5.78 Å². The van der Waals surface area contributed by atoms with Crippen LogP contribution in [0.15, 0.2) is 35.3 Å². The predicted octanol–water partition coefficient (Wildman–Crippen LogP) is 4.70. The van der Waals surface area contributed by atoms with E-state index in [1.54, 1.807) is 12.1 Å². The van der Waals surface area contributed by atoms with Crippen LogP contribution < -0.4 is 0 Å². The van der Waals surface area contributed by atoms with Gasteiger partial charge in [0.05, 0.1) is 22.1 Å². The van der Waals surface area contributed by atoms with Crippen molar-refractivity contribution in [2.24, 2.45) is 4.99 Å². The maximum absolute atomic E-state index is 11.4. The molecule has 108 valence electrons. The van der Waals surface area contributed by atoms with Crippen molar-refractivity contribution in [1.82, 2.24) is 4.98 Å². The van der Waals surface area contributed by atoms with Crippen molar-refractivity contribution >= 4 is 28.8 Å². The van der Waals surface area contributed by atoms with Crippen molar-refractivity contribution in [2.45, 2.75) is 27.7 Å². The number of halogens is 1. The zero-order valence-corrected chi connectivity index (χ0v) is 13.3. The fourth-order valence-corrected chi connectivity index (χ4v) is 2.18. The molecular formula is C17H17ClN2O. The lowest BCUT2D eigenvalue weighted by Gasteiger charge is -2.07. The molecule has 3 nitrogen and oxygen atoms in total. The number of carbonyl (C=O) groups is 1. The molecule has 0 radical (unpaired) electrons. The number of benzene rings is 1. The van der Waals surface area contributed by atoms with E-state index in [4.69, 9.17) is 11.6 Å². The van der Waals surface area contributed by atoms with Gasteiger partial charge in [0, 0.05) is 6.92 Å². The van der Waals surface area contributed by atoms with Crippen LogP contribution in [0.25, 0.3) is 0 Å². The SMILES string of the molecule is CC(=O)c1cccc(C(C)=Nc2ccc(C)c(C)c2Cl)n1. The summed E-state index contributed by atoms with van der Waals surface area (Å²) in [6, 6.07) is 9.22. The summed E-state index contributed by atoms with van der Waals surface area (Å²) in [4.78, 5) is 20.2. The number of ketones is 1. The molecule has 0 saturated carbocycles. The van der Waals surface area contributed by atoms with Crippen molar-refractivity contribution in [2.75, 3.05) is 0 Å². The summed E-state index contributed by atoms with van der Waals surface area (Å²) in [6.45, 7) is 7.34. The first-order valence-corrected chi connectivity index (χ1v) is 7.07. The van der Waals surface area contributed by atoms with Gasteiger partial charge in [-0.15, -0.1) is 0 Å². The number of pyridine rings is 1. The molecule has 0 atom stereocenters. The quantitative estimate of drug-likeness (QED) is 0.609. The van der Waals surface area contributed by atoms with Crippen LogP contribution >= 0.6 is 11.6 Å².